The Hall–Kier alpha value is -1.72. The lowest BCUT2D eigenvalue weighted by atomic mass is 10.1. The molecule has 1 heterocycles. The van der Waals surface area contributed by atoms with Gasteiger partial charge in [-0.05, 0) is 30.9 Å². The van der Waals surface area contributed by atoms with Gasteiger partial charge in [0.05, 0.1) is 12.1 Å². The second-order valence-electron chi connectivity index (χ2n) is 7.81. The highest BCUT2D eigenvalue weighted by atomic mass is 32.1. The molecule has 0 aliphatic heterocycles. The molecule has 0 unspecified atom stereocenters. The summed E-state index contributed by atoms with van der Waals surface area (Å²) in [4.78, 5) is 19.4. The number of aromatic nitrogens is 1. The van der Waals surface area contributed by atoms with Crippen molar-refractivity contribution in [2.75, 3.05) is 18.4 Å². The number of hydrogen-bond acceptors (Lipinski definition) is 4. The number of nitrogens with zero attached hydrogens (tertiary/aromatic N) is 2. The van der Waals surface area contributed by atoms with Gasteiger partial charge in [0.15, 0.2) is 0 Å². The van der Waals surface area contributed by atoms with E-state index in [9.17, 15) is 4.79 Å². The fraction of sp³-hybridized carbons (Fsp3) is 0.524. The number of carbonyl (C=O) groups excluding carboxylic acids is 1. The number of rotatable bonds is 9. The first-order valence-corrected chi connectivity index (χ1v) is 10.2. The van der Waals surface area contributed by atoms with Gasteiger partial charge in [0.1, 0.15) is 5.01 Å². The van der Waals surface area contributed by atoms with E-state index in [1.54, 1.807) is 11.3 Å². The minimum atomic E-state index is -0.0176. The van der Waals surface area contributed by atoms with E-state index in [2.05, 4.69) is 48.3 Å². The van der Waals surface area contributed by atoms with Crippen molar-refractivity contribution in [2.24, 2.45) is 11.8 Å². The van der Waals surface area contributed by atoms with E-state index < -0.39 is 0 Å². The van der Waals surface area contributed by atoms with Crippen LogP contribution in [0.3, 0.4) is 0 Å². The predicted molar refractivity (Wildman–Crippen MR) is 111 cm³/mol. The van der Waals surface area contributed by atoms with Crippen LogP contribution >= 0.6 is 11.3 Å². The molecule has 0 fully saturated rings. The Morgan fingerprint density at radius 2 is 1.73 bits per heavy atom. The number of benzene rings is 1. The van der Waals surface area contributed by atoms with Gasteiger partial charge in [-0.1, -0.05) is 45.4 Å². The lowest BCUT2D eigenvalue weighted by Crippen LogP contribution is -2.31. The Balaban J connectivity index is 1.91. The van der Waals surface area contributed by atoms with Crippen LogP contribution in [0.1, 0.15) is 44.0 Å². The summed E-state index contributed by atoms with van der Waals surface area (Å²) < 4.78 is 0. The summed E-state index contributed by atoms with van der Waals surface area (Å²) in [5.74, 6) is 1.25. The number of thiazole rings is 1. The lowest BCUT2D eigenvalue weighted by molar-refractivity contribution is -0.115. The molecule has 4 nitrogen and oxygen atoms in total. The highest BCUT2D eigenvalue weighted by molar-refractivity contribution is 7.09. The topological polar surface area (TPSA) is 45.2 Å². The molecule has 142 valence electrons. The SMILES string of the molecule is Cc1ccc(NC(=O)Cc2nc(CN(CC(C)C)CC(C)C)cs2)cc1. The van der Waals surface area contributed by atoms with Crippen LogP contribution in [0.4, 0.5) is 5.69 Å². The molecule has 0 spiro atoms. The van der Waals surface area contributed by atoms with Crippen LogP contribution in [0.25, 0.3) is 0 Å². The summed E-state index contributed by atoms with van der Waals surface area (Å²) in [6, 6.07) is 7.84. The fourth-order valence-corrected chi connectivity index (χ4v) is 3.73. The van der Waals surface area contributed by atoms with Crippen molar-refractivity contribution < 1.29 is 4.79 Å². The zero-order valence-corrected chi connectivity index (χ0v) is 17.4. The monoisotopic (exact) mass is 373 g/mol. The quantitative estimate of drug-likeness (QED) is 0.690. The van der Waals surface area contributed by atoms with Gasteiger partial charge in [0.2, 0.25) is 5.91 Å². The molecule has 26 heavy (non-hydrogen) atoms. The standard InChI is InChI=1S/C21H31N3OS/c1-15(2)11-24(12-16(3)4)13-19-14-26-21(23-19)10-20(25)22-18-8-6-17(5)7-9-18/h6-9,14-16H,10-13H2,1-5H3,(H,22,25). The van der Waals surface area contributed by atoms with Crippen molar-refractivity contribution in [3.63, 3.8) is 0 Å². The average Bonchev–Trinajstić information content (AvgIpc) is 2.95. The predicted octanol–water partition coefficient (Wildman–Crippen LogP) is 4.75. The van der Waals surface area contributed by atoms with Crippen molar-refractivity contribution in [1.82, 2.24) is 9.88 Å². The highest BCUT2D eigenvalue weighted by Gasteiger charge is 2.13. The lowest BCUT2D eigenvalue weighted by Gasteiger charge is -2.25. The van der Waals surface area contributed by atoms with Gasteiger partial charge in [0, 0.05) is 30.7 Å². The van der Waals surface area contributed by atoms with Crippen LogP contribution in [-0.4, -0.2) is 28.9 Å². The summed E-state index contributed by atoms with van der Waals surface area (Å²) in [5, 5.41) is 5.90. The van der Waals surface area contributed by atoms with Crippen LogP contribution in [0.15, 0.2) is 29.6 Å². The molecule has 2 aromatic rings. The number of anilines is 1. The molecule has 0 saturated heterocycles. The molecule has 0 radical (unpaired) electrons. The zero-order valence-electron chi connectivity index (χ0n) is 16.6. The van der Waals surface area contributed by atoms with Crippen LogP contribution in [0.5, 0.6) is 0 Å². The van der Waals surface area contributed by atoms with Gasteiger partial charge in [-0.25, -0.2) is 4.98 Å². The molecule has 0 aliphatic carbocycles. The van der Waals surface area contributed by atoms with E-state index in [1.165, 1.54) is 5.56 Å². The molecule has 5 heteroatoms. The van der Waals surface area contributed by atoms with E-state index in [0.29, 0.717) is 18.3 Å². The smallest absolute Gasteiger partial charge is 0.231 e. The zero-order chi connectivity index (χ0) is 19.1. The largest absolute Gasteiger partial charge is 0.326 e. The average molecular weight is 374 g/mol. The van der Waals surface area contributed by atoms with Crippen LogP contribution in [0, 0.1) is 18.8 Å². The Morgan fingerprint density at radius 3 is 2.31 bits per heavy atom. The summed E-state index contributed by atoms with van der Waals surface area (Å²) in [7, 11) is 0. The van der Waals surface area contributed by atoms with Gasteiger partial charge in [-0.2, -0.15) is 0 Å². The molecule has 1 aromatic heterocycles. The second kappa shape index (κ2) is 9.83. The van der Waals surface area contributed by atoms with Gasteiger partial charge in [-0.15, -0.1) is 11.3 Å². The van der Waals surface area contributed by atoms with Crippen molar-refractivity contribution in [3.05, 3.63) is 45.9 Å². The fourth-order valence-electron chi connectivity index (χ4n) is 2.95. The molecule has 0 bridgehead atoms. The minimum absolute atomic E-state index is 0.0176. The summed E-state index contributed by atoms with van der Waals surface area (Å²) in [5.41, 5.74) is 3.08. The highest BCUT2D eigenvalue weighted by Crippen LogP contribution is 2.16. The molecule has 0 atom stereocenters. The maximum Gasteiger partial charge on any atom is 0.231 e. The number of hydrogen-bond donors (Lipinski definition) is 1. The number of nitrogens with one attached hydrogen (secondary N) is 1. The first kappa shape index (κ1) is 20.6. The van der Waals surface area contributed by atoms with E-state index in [1.807, 2.05) is 31.2 Å². The Kier molecular flexibility index (Phi) is 7.79. The molecule has 1 aromatic carbocycles. The molecule has 1 N–H and O–H groups in total. The number of aryl methyl sites for hydroxylation is 1. The Labute approximate surface area is 161 Å². The first-order valence-electron chi connectivity index (χ1n) is 9.34. The maximum atomic E-state index is 12.2. The normalized spacial score (nSPS) is 11.5. The Bertz CT molecular complexity index is 682. The number of carbonyl (C=O) groups is 1. The number of amides is 1. The molecule has 0 aliphatic rings. The van der Waals surface area contributed by atoms with Crippen molar-refractivity contribution in [3.8, 4) is 0 Å². The van der Waals surface area contributed by atoms with Crippen LogP contribution in [-0.2, 0) is 17.8 Å². The minimum Gasteiger partial charge on any atom is -0.326 e. The van der Waals surface area contributed by atoms with Gasteiger partial charge < -0.3 is 5.32 Å². The molecule has 0 saturated carbocycles. The molecule has 1 amide bonds. The van der Waals surface area contributed by atoms with E-state index >= 15 is 0 Å². The summed E-state index contributed by atoms with van der Waals surface area (Å²) in [6.07, 6.45) is 0.326. The van der Waals surface area contributed by atoms with E-state index in [4.69, 9.17) is 0 Å². The third-order valence-corrected chi connectivity index (χ3v) is 4.78. The third kappa shape index (κ3) is 7.26. The third-order valence-electron chi connectivity index (χ3n) is 3.88. The summed E-state index contributed by atoms with van der Waals surface area (Å²) in [6.45, 7) is 14.0. The molecular weight excluding hydrogens is 342 g/mol. The van der Waals surface area contributed by atoms with Crippen molar-refractivity contribution in [2.45, 2.75) is 47.6 Å². The van der Waals surface area contributed by atoms with E-state index in [-0.39, 0.29) is 5.91 Å². The van der Waals surface area contributed by atoms with E-state index in [0.717, 1.165) is 36.0 Å². The van der Waals surface area contributed by atoms with Gasteiger partial charge in [0.25, 0.3) is 0 Å². The second-order valence-corrected chi connectivity index (χ2v) is 8.75. The van der Waals surface area contributed by atoms with Crippen LogP contribution < -0.4 is 5.32 Å². The molecular formula is C21H31N3OS. The molecule has 2 rings (SSSR count). The van der Waals surface area contributed by atoms with Gasteiger partial charge in [-0.3, -0.25) is 9.69 Å². The first-order chi connectivity index (χ1) is 12.3. The Morgan fingerprint density at radius 1 is 1.12 bits per heavy atom. The van der Waals surface area contributed by atoms with Gasteiger partial charge >= 0.3 is 0 Å². The summed E-state index contributed by atoms with van der Waals surface area (Å²) >= 11 is 1.57. The van der Waals surface area contributed by atoms with Crippen LogP contribution in [0.2, 0.25) is 0 Å². The maximum absolute atomic E-state index is 12.2. The van der Waals surface area contributed by atoms with Crippen molar-refractivity contribution in [1.29, 1.82) is 0 Å². The van der Waals surface area contributed by atoms with Crippen molar-refractivity contribution >= 4 is 22.9 Å².